The molecule has 1 aromatic carbocycles. The first kappa shape index (κ1) is 12.6. The summed E-state index contributed by atoms with van der Waals surface area (Å²) >= 11 is 0. The van der Waals surface area contributed by atoms with Gasteiger partial charge in [-0.25, -0.2) is 0 Å². The van der Waals surface area contributed by atoms with Crippen molar-refractivity contribution in [1.29, 1.82) is 0 Å². The fourth-order valence-electron chi connectivity index (χ4n) is 1.02. The summed E-state index contributed by atoms with van der Waals surface area (Å²) in [5.74, 6) is 0. The highest BCUT2D eigenvalue weighted by atomic mass is 32.2. The molecule has 0 atom stereocenters. The molecule has 86 valence electrons. The number of aromatic nitrogens is 1. The van der Waals surface area contributed by atoms with Crippen LogP contribution in [0, 0.1) is 0 Å². The van der Waals surface area contributed by atoms with Gasteiger partial charge >= 0.3 is 0 Å². The standard InChI is InChI=1S/C9H7N.C2H6O3S/c1-2-6-9-8(4-1)5-3-7-10-9;1-5-6(2,3)4/h1-7H;1-2H3. The van der Waals surface area contributed by atoms with E-state index in [0.29, 0.717) is 0 Å². The Morgan fingerprint density at radius 2 is 1.69 bits per heavy atom. The Balaban J connectivity index is 0.000000187. The molecule has 4 nitrogen and oxygen atoms in total. The first-order valence-corrected chi connectivity index (χ1v) is 6.40. The Bertz CT molecular complexity index is 486. The normalized spacial score (nSPS) is 10.6. The van der Waals surface area contributed by atoms with E-state index in [1.165, 1.54) is 5.39 Å². The van der Waals surface area contributed by atoms with Crippen molar-refractivity contribution in [3.05, 3.63) is 42.6 Å². The lowest BCUT2D eigenvalue weighted by molar-refractivity contribution is 0.403. The van der Waals surface area contributed by atoms with Crippen LogP contribution in [-0.2, 0) is 14.3 Å². The molecule has 1 heterocycles. The molecule has 0 radical (unpaired) electrons. The van der Waals surface area contributed by atoms with E-state index in [2.05, 4.69) is 21.3 Å². The van der Waals surface area contributed by atoms with Crippen LogP contribution < -0.4 is 0 Å². The lowest BCUT2D eigenvalue weighted by atomic mass is 10.2. The molecule has 0 unspecified atom stereocenters. The zero-order valence-electron chi connectivity index (χ0n) is 9.12. The molecule has 0 aliphatic rings. The van der Waals surface area contributed by atoms with Crippen LogP contribution in [0.1, 0.15) is 0 Å². The van der Waals surface area contributed by atoms with Gasteiger partial charge in [0.05, 0.1) is 18.9 Å². The van der Waals surface area contributed by atoms with Crippen molar-refractivity contribution in [1.82, 2.24) is 4.98 Å². The van der Waals surface area contributed by atoms with Gasteiger partial charge in [-0.15, -0.1) is 0 Å². The monoisotopic (exact) mass is 239 g/mol. The van der Waals surface area contributed by atoms with Crippen molar-refractivity contribution < 1.29 is 12.6 Å². The molecule has 0 spiro atoms. The number of rotatable bonds is 1. The third-order valence-electron chi connectivity index (χ3n) is 1.81. The van der Waals surface area contributed by atoms with Crippen molar-refractivity contribution in [2.45, 2.75) is 0 Å². The largest absolute Gasteiger partial charge is 0.274 e. The Morgan fingerprint density at radius 3 is 2.25 bits per heavy atom. The fourth-order valence-corrected chi connectivity index (χ4v) is 1.02. The second-order valence-corrected chi connectivity index (χ2v) is 4.81. The van der Waals surface area contributed by atoms with Crippen molar-refractivity contribution in [3.8, 4) is 0 Å². The van der Waals surface area contributed by atoms with Gasteiger partial charge in [0, 0.05) is 11.6 Å². The molecular formula is C11H13NO3S. The quantitative estimate of drug-likeness (QED) is 0.712. The van der Waals surface area contributed by atoms with E-state index in [4.69, 9.17) is 0 Å². The zero-order chi connectivity index (χ0) is 12.0. The maximum Gasteiger partial charge on any atom is 0.264 e. The average molecular weight is 239 g/mol. The summed E-state index contributed by atoms with van der Waals surface area (Å²) in [6.07, 6.45) is 2.80. The number of hydrogen-bond donors (Lipinski definition) is 0. The van der Waals surface area contributed by atoms with Gasteiger partial charge < -0.3 is 0 Å². The second kappa shape index (κ2) is 5.58. The van der Waals surface area contributed by atoms with Gasteiger partial charge in [-0.1, -0.05) is 24.3 Å². The summed E-state index contributed by atoms with van der Waals surface area (Å²) in [4.78, 5) is 4.18. The highest BCUT2D eigenvalue weighted by molar-refractivity contribution is 7.85. The molecule has 0 N–H and O–H groups in total. The van der Waals surface area contributed by atoms with Crippen LogP contribution in [0.4, 0.5) is 0 Å². The van der Waals surface area contributed by atoms with Gasteiger partial charge in [0.1, 0.15) is 0 Å². The van der Waals surface area contributed by atoms with Gasteiger partial charge in [-0.05, 0) is 12.1 Å². The number of benzene rings is 1. The van der Waals surface area contributed by atoms with Crippen molar-refractivity contribution in [2.75, 3.05) is 13.4 Å². The molecular weight excluding hydrogens is 226 g/mol. The maximum atomic E-state index is 9.78. The smallest absolute Gasteiger partial charge is 0.264 e. The predicted octanol–water partition coefficient (Wildman–Crippen LogP) is 1.83. The summed E-state index contributed by atoms with van der Waals surface area (Å²) in [6, 6.07) is 12.1. The first-order valence-electron chi connectivity index (χ1n) is 4.58. The summed E-state index contributed by atoms with van der Waals surface area (Å²) in [5, 5.41) is 1.20. The lowest BCUT2D eigenvalue weighted by Crippen LogP contribution is -1.95. The Kier molecular flexibility index (Phi) is 4.39. The minimum absolute atomic E-state index is 0.993. The maximum absolute atomic E-state index is 9.78. The minimum atomic E-state index is -3.16. The summed E-state index contributed by atoms with van der Waals surface area (Å²) in [7, 11) is -2.04. The fraction of sp³-hybridized carbons (Fsp3) is 0.182. The average Bonchev–Trinajstić information content (AvgIpc) is 2.29. The molecule has 1 aromatic heterocycles. The SMILES string of the molecule is COS(C)(=O)=O.c1ccc2ncccc2c1. The van der Waals surface area contributed by atoms with Crippen LogP contribution in [0.3, 0.4) is 0 Å². The minimum Gasteiger partial charge on any atom is -0.274 e. The molecule has 0 saturated heterocycles. The highest BCUT2D eigenvalue weighted by Crippen LogP contribution is 2.07. The van der Waals surface area contributed by atoms with Gasteiger partial charge in [0.25, 0.3) is 10.1 Å². The molecule has 2 aromatic rings. The predicted molar refractivity (Wildman–Crippen MR) is 63.6 cm³/mol. The first-order chi connectivity index (χ1) is 7.53. The van der Waals surface area contributed by atoms with Gasteiger partial charge in [-0.3, -0.25) is 9.17 Å². The molecule has 0 amide bonds. The number of para-hydroxylation sites is 1. The Hall–Kier alpha value is -1.46. The Morgan fingerprint density at radius 1 is 1.12 bits per heavy atom. The lowest BCUT2D eigenvalue weighted by Gasteiger charge is -1.91. The molecule has 16 heavy (non-hydrogen) atoms. The third kappa shape index (κ3) is 4.37. The molecule has 0 saturated carbocycles. The summed E-state index contributed by atoms with van der Waals surface area (Å²) in [6.45, 7) is 0. The molecule has 0 bridgehead atoms. The number of fused-ring (bicyclic) bond motifs is 1. The van der Waals surface area contributed by atoms with E-state index in [-0.39, 0.29) is 0 Å². The van der Waals surface area contributed by atoms with Gasteiger partial charge in [-0.2, -0.15) is 8.42 Å². The zero-order valence-corrected chi connectivity index (χ0v) is 9.94. The molecule has 0 aliphatic heterocycles. The van der Waals surface area contributed by atoms with Crippen LogP contribution in [-0.4, -0.2) is 26.8 Å². The summed E-state index contributed by atoms with van der Waals surface area (Å²) < 4.78 is 23.5. The van der Waals surface area contributed by atoms with Crippen LogP contribution in [0.5, 0.6) is 0 Å². The molecule has 0 fully saturated rings. The van der Waals surface area contributed by atoms with Crippen LogP contribution in [0.2, 0.25) is 0 Å². The Labute approximate surface area is 95.0 Å². The van der Waals surface area contributed by atoms with Crippen molar-refractivity contribution >= 4 is 21.0 Å². The van der Waals surface area contributed by atoms with Crippen molar-refractivity contribution in [2.24, 2.45) is 0 Å². The van der Waals surface area contributed by atoms with Gasteiger partial charge in [0.2, 0.25) is 0 Å². The number of hydrogen-bond acceptors (Lipinski definition) is 4. The molecule has 2 rings (SSSR count). The van der Waals surface area contributed by atoms with Crippen LogP contribution in [0.15, 0.2) is 42.6 Å². The number of pyridine rings is 1. The molecule has 5 heteroatoms. The van der Waals surface area contributed by atoms with Crippen LogP contribution >= 0.6 is 0 Å². The second-order valence-electron chi connectivity index (χ2n) is 3.07. The van der Waals surface area contributed by atoms with E-state index < -0.39 is 10.1 Å². The van der Waals surface area contributed by atoms with Crippen molar-refractivity contribution in [3.63, 3.8) is 0 Å². The number of nitrogens with zero attached hydrogens (tertiary/aromatic N) is 1. The van der Waals surface area contributed by atoms with E-state index in [1.54, 1.807) is 0 Å². The highest BCUT2D eigenvalue weighted by Gasteiger charge is 1.90. The van der Waals surface area contributed by atoms with E-state index in [9.17, 15) is 8.42 Å². The summed E-state index contributed by atoms with van der Waals surface area (Å²) in [5.41, 5.74) is 1.06. The third-order valence-corrected chi connectivity index (χ3v) is 2.42. The van der Waals surface area contributed by atoms with Crippen LogP contribution in [0.25, 0.3) is 10.9 Å². The van der Waals surface area contributed by atoms with E-state index in [1.807, 2.05) is 30.5 Å². The van der Waals surface area contributed by atoms with Gasteiger partial charge in [0.15, 0.2) is 0 Å². The molecule has 0 aliphatic carbocycles. The van der Waals surface area contributed by atoms with E-state index >= 15 is 0 Å². The van der Waals surface area contributed by atoms with E-state index in [0.717, 1.165) is 18.9 Å². The topological polar surface area (TPSA) is 56.3 Å².